The number of aryl methyl sites for hydroxylation is 1. The van der Waals surface area contributed by atoms with Crippen LogP contribution in [0.1, 0.15) is 5.56 Å². The van der Waals surface area contributed by atoms with E-state index in [-0.39, 0.29) is 5.28 Å². The van der Waals surface area contributed by atoms with E-state index in [2.05, 4.69) is 20.3 Å². The molecule has 1 N–H and O–H groups in total. The van der Waals surface area contributed by atoms with E-state index < -0.39 is 11.7 Å². The third-order valence-corrected chi connectivity index (χ3v) is 3.18. The Hall–Kier alpha value is -2.35. The average Bonchev–Trinajstić information content (AvgIpc) is 2.80. The van der Waals surface area contributed by atoms with Crippen molar-refractivity contribution in [3.8, 4) is 0 Å². The van der Waals surface area contributed by atoms with E-state index in [1.165, 1.54) is 12.1 Å². The van der Waals surface area contributed by atoms with Gasteiger partial charge in [0.1, 0.15) is 0 Å². The number of alkyl halides is 3. The van der Waals surface area contributed by atoms with Gasteiger partial charge in [0.25, 0.3) is 0 Å². The number of fused-ring (bicyclic) bond motifs is 1. The van der Waals surface area contributed by atoms with Crippen LogP contribution in [0.2, 0.25) is 5.28 Å². The molecule has 0 radical (unpaired) electrons. The second kappa shape index (κ2) is 5.13. The van der Waals surface area contributed by atoms with E-state index in [0.29, 0.717) is 22.7 Å². The second-order valence-corrected chi connectivity index (χ2v) is 4.91. The van der Waals surface area contributed by atoms with Gasteiger partial charge in [-0.05, 0) is 35.9 Å². The van der Waals surface area contributed by atoms with Gasteiger partial charge in [0, 0.05) is 12.7 Å². The summed E-state index contributed by atoms with van der Waals surface area (Å²) in [5, 5.41) is 2.92. The van der Waals surface area contributed by atoms with Gasteiger partial charge in [0.05, 0.1) is 11.9 Å². The van der Waals surface area contributed by atoms with Crippen molar-refractivity contribution in [2.75, 3.05) is 5.32 Å². The number of halogens is 4. The molecule has 0 amide bonds. The first-order valence-corrected chi connectivity index (χ1v) is 6.51. The van der Waals surface area contributed by atoms with Gasteiger partial charge in [-0.25, -0.2) is 4.98 Å². The lowest BCUT2D eigenvalue weighted by atomic mass is 10.2. The summed E-state index contributed by atoms with van der Waals surface area (Å²) in [5.41, 5.74) is 0.720. The maximum atomic E-state index is 12.5. The van der Waals surface area contributed by atoms with Crippen LogP contribution in [0.15, 0.2) is 30.6 Å². The lowest BCUT2D eigenvalue weighted by molar-refractivity contribution is -0.137. The minimum atomic E-state index is -4.37. The molecule has 2 aromatic heterocycles. The monoisotopic (exact) mass is 327 g/mol. The Morgan fingerprint density at radius 1 is 1.14 bits per heavy atom. The molecule has 0 spiro atoms. The fourth-order valence-electron chi connectivity index (χ4n) is 1.95. The Morgan fingerprint density at radius 3 is 2.45 bits per heavy atom. The minimum absolute atomic E-state index is 0.0190. The minimum Gasteiger partial charge on any atom is -0.338 e. The zero-order valence-electron chi connectivity index (χ0n) is 11.2. The first kappa shape index (κ1) is 14.6. The van der Waals surface area contributed by atoms with Crippen LogP contribution in [-0.2, 0) is 13.2 Å². The first-order valence-electron chi connectivity index (χ1n) is 6.13. The normalized spacial score (nSPS) is 11.9. The number of aromatic nitrogens is 4. The van der Waals surface area contributed by atoms with Crippen LogP contribution in [0.5, 0.6) is 0 Å². The number of anilines is 2. The van der Waals surface area contributed by atoms with Gasteiger partial charge in [-0.1, -0.05) is 0 Å². The summed E-state index contributed by atoms with van der Waals surface area (Å²) in [6.45, 7) is 0. The van der Waals surface area contributed by atoms with Crippen LogP contribution in [0, 0.1) is 0 Å². The van der Waals surface area contributed by atoms with Crippen LogP contribution >= 0.6 is 11.6 Å². The highest BCUT2D eigenvalue weighted by atomic mass is 35.5. The van der Waals surface area contributed by atoms with E-state index >= 15 is 0 Å². The van der Waals surface area contributed by atoms with Gasteiger partial charge in [-0.3, -0.25) is 0 Å². The number of imidazole rings is 1. The number of hydrogen-bond donors (Lipinski definition) is 1. The molecule has 0 unspecified atom stereocenters. The molecule has 22 heavy (non-hydrogen) atoms. The zero-order valence-corrected chi connectivity index (χ0v) is 11.9. The molecular formula is C13H9ClF3N5. The molecule has 0 saturated heterocycles. The summed E-state index contributed by atoms with van der Waals surface area (Å²) in [7, 11) is 1.75. The van der Waals surface area contributed by atoms with Crippen molar-refractivity contribution in [1.82, 2.24) is 19.5 Å². The van der Waals surface area contributed by atoms with Gasteiger partial charge in [-0.15, -0.1) is 0 Å². The summed E-state index contributed by atoms with van der Waals surface area (Å²) in [6.07, 6.45) is -2.82. The molecule has 2 heterocycles. The highest BCUT2D eigenvalue weighted by Gasteiger charge is 2.29. The Balaban J connectivity index is 1.96. The molecule has 0 bridgehead atoms. The molecular weight excluding hydrogens is 319 g/mol. The van der Waals surface area contributed by atoms with Gasteiger partial charge >= 0.3 is 6.18 Å². The van der Waals surface area contributed by atoms with E-state index in [4.69, 9.17) is 11.6 Å². The fraction of sp³-hybridized carbons (Fsp3) is 0.154. The number of rotatable bonds is 2. The summed E-state index contributed by atoms with van der Waals surface area (Å²) >= 11 is 5.85. The molecule has 5 nitrogen and oxygen atoms in total. The fourth-order valence-corrected chi connectivity index (χ4v) is 2.11. The Labute approximate surface area is 127 Å². The Bertz CT molecular complexity index is 826. The van der Waals surface area contributed by atoms with Crippen molar-refractivity contribution in [2.24, 2.45) is 7.05 Å². The van der Waals surface area contributed by atoms with Gasteiger partial charge in [0.2, 0.25) is 5.28 Å². The van der Waals surface area contributed by atoms with Crippen LogP contribution in [-0.4, -0.2) is 19.5 Å². The molecule has 0 saturated carbocycles. The van der Waals surface area contributed by atoms with E-state index in [9.17, 15) is 13.2 Å². The molecule has 0 aliphatic carbocycles. The maximum Gasteiger partial charge on any atom is 0.416 e. The summed E-state index contributed by atoms with van der Waals surface area (Å²) in [6, 6.07) is 4.60. The van der Waals surface area contributed by atoms with Gasteiger partial charge in [-0.2, -0.15) is 23.1 Å². The van der Waals surface area contributed by atoms with E-state index in [1.807, 2.05) is 0 Å². The average molecular weight is 328 g/mol. The predicted molar refractivity (Wildman–Crippen MR) is 76.0 cm³/mol. The van der Waals surface area contributed by atoms with Crippen molar-refractivity contribution < 1.29 is 13.2 Å². The predicted octanol–water partition coefficient (Wildman–Crippen LogP) is 3.78. The molecule has 0 fully saturated rings. The number of hydrogen-bond acceptors (Lipinski definition) is 4. The quantitative estimate of drug-likeness (QED) is 0.728. The highest BCUT2D eigenvalue weighted by molar-refractivity contribution is 6.28. The molecule has 114 valence electrons. The molecule has 3 aromatic rings. The molecule has 0 atom stereocenters. The summed E-state index contributed by atoms with van der Waals surface area (Å²) in [4.78, 5) is 12.2. The van der Waals surface area contributed by atoms with Crippen molar-refractivity contribution in [2.45, 2.75) is 6.18 Å². The SMILES string of the molecule is Cn1cnc2c(Nc3ccc(C(F)(F)F)cc3)nc(Cl)nc21. The van der Waals surface area contributed by atoms with Crippen molar-refractivity contribution in [1.29, 1.82) is 0 Å². The Kier molecular flexibility index (Phi) is 3.40. The largest absolute Gasteiger partial charge is 0.416 e. The molecule has 1 aromatic carbocycles. The summed E-state index contributed by atoms with van der Waals surface area (Å²) in [5.74, 6) is 0.329. The van der Waals surface area contributed by atoms with E-state index in [1.54, 1.807) is 17.9 Å². The highest BCUT2D eigenvalue weighted by Crippen LogP contribution is 2.31. The van der Waals surface area contributed by atoms with Crippen LogP contribution in [0.3, 0.4) is 0 Å². The number of nitrogens with zero attached hydrogens (tertiary/aromatic N) is 4. The van der Waals surface area contributed by atoms with Crippen molar-refractivity contribution >= 4 is 34.3 Å². The first-order chi connectivity index (χ1) is 10.3. The van der Waals surface area contributed by atoms with E-state index in [0.717, 1.165) is 12.1 Å². The van der Waals surface area contributed by atoms with Crippen molar-refractivity contribution in [3.05, 3.63) is 41.4 Å². The lowest BCUT2D eigenvalue weighted by Gasteiger charge is -2.09. The van der Waals surface area contributed by atoms with Gasteiger partial charge in [0.15, 0.2) is 17.0 Å². The topological polar surface area (TPSA) is 55.6 Å². The van der Waals surface area contributed by atoms with Crippen LogP contribution in [0.25, 0.3) is 11.2 Å². The molecule has 0 aliphatic heterocycles. The molecule has 3 rings (SSSR count). The third-order valence-electron chi connectivity index (χ3n) is 3.01. The molecule has 9 heteroatoms. The van der Waals surface area contributed by atoms with Crippen LogP contribution in [0.4, 0.5) is 24.7 Å². The number of benzene rings is 1. The summed E-state index contributed by atoms with van der Waals surface area (Å²) < 4.78 is 39.3. The lowest BCUT2D eigenvalue weighted by Crippen LogP contribution is -2.04. The van der Waals surface area contributed by atoms with Crippen molar-refractivity contribution in [3.63, 3.8) is 0 Å². The Morgan fingerprint density at radius 2 is 1.82 bits per heavy atom. The third kappa shape index (κ3) is 2.69. The molecule has 0 aliphatic rings. The zero-order chi connectivity index (χ0) is 15.9. The van der Waals surface area contributed by atoms with Gasteiger partial charge < -0.3 is 9.88 Å². The smallest absolute Gasteiger partial charge is 0.338 e. The standard InChI is InChI=1S/C13H9ClF3N5/c1-22-6-18-9-10(20-12(14)21-11(9)22)19-8-4-2-7(3-5-8)13(15,16)17/h2-6H,1H3,(H,19,20,21). The maximum absolute atomic E-state index is 12.5. The van der Waals surface area contributed by atoms with Crippen LogP contribution < -0.4 is 5.32 Å². The number of nitrogens with one attached hydrogen (secondary N) is 1. The second-order valence-electron chi connectivity index (χ2n) is 4.57.